The SMILES string of the molecule is CC1(C)[C@@]2(C(=O)Nc3ccc4c(c3)OCCO4)CC[C@@]1(C)C(=O)C2. The summed E-state index contributed by atoms with van der Waals surface area (Å²) in [4.78, 5) is 25.6. The van der Waals surface area contributed by atoms with E-state index in [1.165, 1.54) is 0 Å². The van der Waals surface area contributed by atoms with Gasteiger partial charge in [-0.15, -0.1) is 0 Å². The molecule has 0 spiro atoms. The van der Waals surface area contributed by atoms with Crippen molar-refractivity contribution in [2.75, 3.05) is 18.5 Å². The van der Waals surface area contributed by atoms with E-state index >= 15 is 0 Å². The second-order valence-electron chi connectivity index (χ2n) is 7.95. The number of Topliss-reactive ketones (excluding diaryl/α,β-unsaturated/α-hetero) is 1. The van der Waals surface area contributed by atoms with Crippen LogP contribution >= 0.6 is 0 Å². The number of nitrogens with one attached hydrogen (secondary N) is 1. The lowest BCUT2D eigenvalue weighted by Gasteiger charge is -2.38. The summed E-state index contributed by atoms with van der Waals surface area (Å²) in [5.41, 5.74) is -0.666. The molecule has 0 aromatic heterocycles. The molecular weight excluding hydrogens is 306 g/mol. The summed E-state index contributed by atoms with van der Waals surface area (Å²) >= 11 is 0. The number of hydrogen-bond acceptors (Lipinski definition) is 4. The molecule has 1 heterocycles. The van der Waals surface area contributed by atoms with E-state index in [-0.39, 0.29) is 17.1 Å². The van der Waals surface area contributed by atoms with Crippen molar-refractivity contribution in [2.24, 2.45) is 16.2 Å². The average molecular weight is 329 g/mol. The highest BCUT2D eigenvalue weighted by atomic mass is 16.6. The van der Waals surface area contributed by atoms with Crippen molar-refractivity contribution in [1.82, 2.24) is 0 Å². The van der Waals surface area contributed by atoms with Crippen LogP contribution in [0.1, 0.15) is 40.0 Å². The zero-order chi connectivity index (χ0) is 17.2. The summed E-state index contributed by atoms with van der Waals surface area (Å²) in [7, 11) is 0. The Balaban J connectivity index is 1.62. The molecule has 2 saturated carbocycles. The Morgan fingerprint density at radius 2 is 1.79 bits per heavy atom. The van der Waals surface area contributed by atoms with E-state index in [1.54, 1.807) is 6.07 Å². The van der Waals surface area contributed by atoms with E-state index in [0.717, 1.165) is 12.8 Å². The molecule has 0 radical (unpaired) electrons. The van der Waals surface area contributed by atoms with Gasteiger partial charge >= 0.3 is 0 Å². The predicted octanol–water partition coefficient (Wildman–Crippen LogP) is 3.18. The fourth-order valence-corrected chi connectivity index (χ4v) is 4.73. The molecule has 2 fully saturated rings. The second-order valence-corrected chi connectivity index (χ2v) is 7.95. The molecule has 0 unspecified atom stereocenters. The van der Waals surface area contributed by atoms with Crippen LogP contribution in [0.3, 0.4) is 0 Å². The lowest BCUT2D eigenvalue weighted by atomic mass is 9.64. The monoisotopic (exact) mass is 329 g/mol. The van der Waals surface area contributed by atoms with Gasteiger partial charge in [0.05, 0.1) is 5.41 Å². The Bertz CT molecular complexity index is 741. The quantitative estimate of drug-likeness (QED) is 0.905. The van der Waals surface area contributed by atoms with Gasteiger partial charge in [-0.3, -0.25) is 9.59 Å². The first-order valence-corrected chi connectivity index (χ1v) is 8.55. The smallest absolute Gasteiger partial charge is 0.231 e. The largest absolute Gasteiger partial charge is 0.486 e. The molecule has 5 heteroatoms. The molecule has 2 bridgehead atoms. The van der Waals surface area contributed by atoms with Crippen molar-refractivity contribution < 1.29 is 19.1 Å². The Hall–Kier alpha value is -2.04. The van der Waals surface area contributed by atoms with Crippen LogP contribution < -0.4 is 14.8 Å². The molecule has 2 atom stereocenters. The van der Waals surface area contributed by atoms with Crippen LogP contribution in [0.25, 0.3) is 0 Å². The fourth-order valence-electron chi connectivity index (χ4n) is 4.73. The minimum Gasteiger partial charge on any atom is -0.486 e. The maximum absolute atomic E-state index is 13.1. The van der Waals surface area contributed by atoms with Crippen LogP contribution in [-0.4, -0.2) is 24.9 Å². The summed E-state index contributed by atoms with van der Waals surface area (Å²) in [6.07, 6.45) is 1.89. The first kappa shape index (κ1) is 15.5. The molecule has 1 aromatic rings. The molecule has 128 valence electrons. The third kappa shape index (κ3) is 1.75. The molecule has 3 aliphatic rings. The molecule has 1 aliphatic heterocycles. The number of carbonyl (C=O) groups is 2. The van der Waals surface area contributed by atoms with E-state index < -0.39 is 10.8 Å². The van der Waals surface area contributed by atoms with Crippen LogP contribution in [0.15, 0.2) is 18.2 Å². The Labute approximate surface area is 141 Å². The number of amides is 1. The molecule has 2 aliphatic carbocycles. The van der Waals surface area contributed by atoms with Gasteiger partial charge < -0.3 is 14.8 Å². The Kier molecular flexibility index (Phi) is 3.06. The molecule has 4 rings (SSSR count). The molecule has 1 amide bonds. The van der Waals surface area contributed by atoms with Gasteiger partial charge in [0, 0.05) is 23.6 Å². The fraction of sp³-hybridized carbons (Fsp3) is 0.579. The number of benzene rings is 1. The summed E-state index contributed by atoms with van der Waals surface area (Å²) in [6.45, 7) is 7.19. The molecule has 1 N–H and O–H groups in total. The highest BCUT2D eigenvalue weighted by molar-refractivity contribution is 6.04. The number of rotatable bonds is 2. The summed E-state index contributed by atoms with van der Waals surface area (Å²) in [5, 5.41) is 3.02. The van der Waals surface area contributed by atoms with Crippen LogP contribution in [0.4, 0.5) is 5.69 Å². The molecular formula is C19H23NO4. The number of hydrogen-bond donors (Lipinski definition) is 1. The standard InChI is InChI=1S/C19H23NO4/c1-17(2)18(3)6-7-19(17,11-15(18)21)16(22)20-12-4-5-13-14(10-12)24-9-8-23-13/h4-5,10H,6-9,11H2,1-3H3,(H,20,22)/t18-,19-/m0/s1. The van der Waals surface area contributed by atoms with Gasteiger partial charge in [0.1, 0.15) is 19.0 Å². The summed E-state index contributed by atoms with van der Waals surface area (Å²) < 4.78 is 11.1. The van der Waals surface area contributed by atoms with E-state index in [4.69, 9.17) is 9.47 Å². The van der Waals surface area contributed by atoms with E-state index in [0.29, 0.717) is 36.8 Å². The third-order valence-corrected chi connectivity index (χ3v) is 6.94. The number of anilines is 1. The second kappa shape index (κ2) is 4.74. The van der Waals surface area contributed by atoms with Gasteiger partial charge in [0.15, 0.2) is 11.5 Å². The summed E-state index contributed by atoms with van der Waals surface area (Å²) in [5.74, 6) is 1.51. The highest BCUT2D eigenvalue weighted by Gasteiger charge is 2.72. The highest BCUT2D eigenvalue weighted by Crippen LogP contribution is 2.70. The zero-order valence-corrected chi connectivity index (χ0v) is 14.4. The number of carbonyl (C=O) groups excluding carboxylic acids is 2. The molecule has 1 aromatic carbocycles. The lowest BCUT2D eigenvalue weighted by Crippen LogP contribution is -2.43. The predicted molar refractivity (Wildman–Crippen MR) is 89.2 cm³/mol. The van der Waals surface area contributed by atoms with Gasteiger partial charge in [-0.25, -0.2) is 0 Å². The maximum atomic E-state index is 13.1. The third-order valence-electron chi connectivity index (χ3n) is 6.94. The topological polar surface area (TPSA) is 64.6 Å². The Morgan fingerprint density at radius 3 is 2.42 bits per heavy atom. The van der Waals surface area contributed by atoms with Crippen LogP contribution in [0, 0.1) is 16.2 Å². The van der Waals surface area contributed by atoms with E-state index in [2.05, 4.69) is 19.2 Å². The molecule has 0 saturated heterocycles. The van der Waals surface area contributed by atoms with Crippen molar-refractivity contribution in [1.29, 1.82) is 0 Å². The van der Waals surface area contributed by atoms with Crippen molar-refractivity contribution in [3.05, 3.63) is 18.2 Å². The average Bonchev–Trinajstić information content (AvgIpc) is 2.85. The van der Waals surface area contributed by atoms with Gasteiger partial charge in [-0.1, -0.05) is 20.8 Å². The van der Waals surface area contributed by atoms with Crippen LogP contribution in [-0.2, 0) is 9.59 Å². The minimum atomic E-state index is -0.619. The van der Waals surface area contributed by atoms with Gasteiger partial charge in [-0.2, -0.15) is 0 Å². The van der Waals surface area contributed by atoms with Crippen LogP contribution in [0.5, 0.6) is 11.5 Å². The number of ketones is 1. The number of ether oxygens (including phenoxy) is 2. The lowest BCUT2D eigenvalue weighted by molar-refractivity contribution is -0.131. The molecule has 5 nitrogen and oxygen atoms in total. The zero-order valence-electron chi connectivity index (χ0n) is 14.4. The van der Waals surface area contributed by atoms with Crippen molar-refractivity contribution in [3.8, 4) is 11.5 Å². The summed E-state index contributed by atoms with van der Waals surface area (Å²) in [6, 6.07) is 5.42. The first-order chi connectivity index (χ1) is 11.3. The van der Waals surface area contributed by atoms with Crippen molar-refractivity contribution in [3.63, 3.8) is 0 Å². The van der Waals surface area contributed by atoms with E-state index in [9.17, 15) is 9.59 Å². The first-order valence-electron chi connectivity index (χ1n) is 8.55. The number of fused-ring (bicyclic) bond motifs is 3. The van der Waals surface area contributed by atoms with Crippen molar-refractivity contribution in [2.45, 2.75) is 40.0 Å². The molecule has 24 heavy (non-hydrogen) atoms. The Morgan fingerprint density at radius 1 is 1.08 bits per heavy atom. The minimum absolute atomic E-state index is 0.0567. The van der Waals surface area contributed by atoms with Gasteiger partial charge in [-0.05, 0) is 30.4 Å². The maximum Gasteiger partial charge on any atom is 0.231 e. The van der Waals surface area contributed by atoms with E-state index in [1.807, 2.05) is 19.1 Å². The van der Waals surface area contributed by atoms with Crippen molar-refractivity contribution >= 4 is 17.4 Å². The van der Waals surface area contributed by atoms with Gasteiger partial charge in [0.2, 0.25) is 5.91 Å². The van der Waals surface area contributed by atoms with Crippen LogP contribution in [0.2, 0.25) is 0 Å². The normalized spacial score (nSPS) is 32.7. The van der Waals surface area contributed by atoms with Gasteiger partial charge in [0.25, 0.3) is 0 Å².